The summed E-state index contributed by atoms with van der Waals surface area (Å²) in [5.74, 6) is 0.493. The van der Waals surface area contributed by atoms with Crippen LogP contribution >= 0.6 is 22.9 Å². The summed E-state index contributed by atoms with van der Waals surface area (Å²) >= 11 is 7.45. The minimum absolute atomic E-state index is 0.493. The quantitative estimate of drug-likeness (QED) is 0.763. The van der Waals surface area contributed by atoms with Gasteiger partial charge in [-0.1, -0.05) is 17.7 Å². The molecule has 0 fully saturated rings. The van der Waals surface area contributed by atoms with Crippen LogP contribution in [-0.2, 0) is 12.4 Å². The highest BCUT2D eigenvalue weighted by molar-refractivity contribution is 7.09. The molecule has 0 aliphatic rings. The standard InChI is InChI=1S/C14H17ClN2S/c1-3-17(13-6-4-11(2)5-7-13)9-14-16-12(8-15)10-18-14/h4-7,10H,3,8-9H2,1-2H3. The first-order valence-corrected chi connectivity index (χ1v) is 7.45. The van der Waals surface area contributed by atoms with Gasteiger partial charge in [0.2, 0.25) is 0 Å². The van der Waals surface area contributed by atoms with Crippen molar-refractivity contribution in [2.75, 3.05) is 11.4 Å². The summed E-state index contributed by atoms with van der Waals surface area (Å²) in [5, 5.41) is 3.15. The Labute approximate surface area is 117 Å². The Morgan fingerprint density at radius 2 is 2.00 bits per heavy atom. The third-order valence-corrected chi connectivity index (χ3v) is 4.00. The molecule has 1 aromatic carbocycles. The van der Waals surface area contributed by atoms with E-state index in [1.54, 1.807) is 11.3 Å². The van der Waals surface area contributed by atoms with Crippen molar-refractivity contribution >= 4 is 28.6 Å². The number of hydrogen-bond donors (Lipinski definition) is 0. The van der Waals surface area contributed by atoms with Gasteiger partial charge in [0.25, 0.3) is 0 Å². The molecule has 0 spiro atoms. The summed E-state index contributed by atoms with van der Waals surface area (Å²) < 4.78 is 0. The molecule has 0 bridgehead atoms. The van der Waals surface area contributed by atoms with Crippen molar-refractivity contribution < 1.29 is 0 Å². The van der Waals surface area contributed by atoms with Crippen LogP contribution in [0.4, 0.5) is 5.69 Å². The minimum Gasteiger partial charge on any atom is -0.365 e. The molecule has 0 saturated carbocycles. The molecule has 0 radical (unpaired) electrons. The lowest BCUT2D eigenvalue weighted by Gasteiger charge is -2.22. The van der Waals surface area contributed by atoms with Gasteiger partial charge in [-0.05, 0) is 26.0 Å². The normalized spacial score (nSPS) is 10.6. The molecule has 0 unspecified atom stereocenters. The van der Waals surface area contributed by atoms with Gasteiger partial charge in [0.15, 0.2) is 0 Å². The second-order valence-electron chi connectivity index (χ2n) is 4.22. The summed E-state index contributed by atoms with van der Waals surface area (Å²) in [7, 11) is 0. The molecule has 2 aromatic rings. The largest absolute Gasteiger partial charge is 0.365 e. The number of thiazole rings is 1. The van der Waals surface area contributed by atoms with E-state index in [-0.39, 0.29) is 0 Å². The fourth-order valence-electron chi connectivity index (χ4n) is 1.79. The Kier molecular flexibility index (Phi) is 4.61. The predicted octanol–water partition coefficient (Wildman–Crippen LogP) is 4.22. The molecule has 0 saturated heterocycles. The highest BCUT2D eigenvalue weighted by Crippen LogP contribution is 2.20. The summed E-state index contributed by atoms with van der Waals surface area (Å²) in [5.41, 5.74) is 3.50. The zero-order valence-corrected chi connectivity index (χ0v) is 12.3. The van der Waals surface area contributed by atoms with Gasteiger partial charge >= 0.3 is 0 Å². The number of aromatic nitrogens is 1. The number of hydrogen-bond acceptors (Lipinski definition) is 3. The van der Waals surface area contributed by atoms with Crippen molar-refractivity contribution in [2.24, 2.45) is 0 Å². The van der Waals surface area contributed by atoms with Crippen molar-refractivity contribution in [2.45, 2.75) is 26.3 Å². The number of aryl methyl sites for hydroxylation is 1. The van der Waals surface area contributed by atoms with E-state index in [1.165, 1.54) is 11.3 Å². The van der Waals surface area contributed by atoms with E-state index < -0.39 is 0 Å². The van der Waals surface area contributed by atoms with Crippen LogP contribution < -0.4 is 4.90 Å². The first kappa shape index (κ1) is 13.4. The van der Waals surface area contributed by atoms with Gasteiger partial charge in [0.1, 0.15) is 5.01 Å². The fraction of sp³-hybridized carbons (Fsp3) is 0.357. The van der Waals surface area contributed by atoms with Crippen molar-refractivity contribution in [1.29, 1.82) is 0 Å². The molecule has 2 rings (SSSR count). The van der Waals surface area contributed by atoms with Crippen LogP contribution in [0.2, 0.25) is 0 Å². The Morgan fingerprint density at radius 3 is 2.56 bits per heavy atom. The highest BCUT2D eigenvalue weighted by Gasteiger charge is 2.08. The van der Waals surface area contributed by atoms with Crippen LogP contribution in [0.25, 0.3) is 0 Å². The Morgan fingerprint density at radius 1 is 1.28 bits per heavy atom. The fourth-order valence-corrected chi connectivity index (χ4v) is 2.82. The lowest BCUT2D eigenvalue weighted by Crippen LogP contribution is -2.21. The van der Waals surface area contributed by atoms with Crippen LogP contribution in [0.3, 0.4) is 0 Å². The molecular formula is C14H17ClN2S. The Bertz CT molecular complexity index is 493. The summed E-state index contributed by atoms with van der Waals surface area (Å²) in [6, 6.07) is 8.61. The molecule has 96 valence electrons. The second kappa shape index (κ2) is 6.21. The van der Waals surface area contributed by atoms with Gasteiger partial charge in [-0.3, -0.25) is 0 Å². The molecule has 1 aromatic heterocycles. The third-order valence-electron chi connectivity index (χ3n) is 2.84. The van der Waals surface area contributed by atoms with E-state index in [2.05, 4.69) is 48.0 Å². The molecule has 18 heavy (non-hydrogen) atoms. The van der Waals surface area contributed by atoms with E-state index in [1.807, 2.05) is 5.38 Å². The van der Waals surface area contributed by atoms with Crippen molar-refractivity contribution in [3.63, 3.8) is 0 Å². The topological polar surface area (TPSA) is 16.1 Å². The maximum Gasteiger partial charge on any atom is 0.112 e. The van der Waals surface area contributed by atoms with Crippen LogP contribution in [0.15, 0.2) is 29.6 Å². The molecule has 0 atom stereocenters. The van der Waals surface area contributed by atoms with E-state index in [9.17, 15) is 0 Å². The number of alkyl halides is 1. The Balaban J connectivity index is 2.11. The third kappa shape index (κ3) is 3.24. The van der Waals surface area contributed by atoms with Gasteiger partial charge in [0, 0.05) is 17.6 Å². The van der Waals surface area contributed by atoms with E-state index in [0.717, 1.165) is 23.8 Å². The van der Waals surface area contributed by atoms with E-state index >= 15 is 0 Å². The first-order chi connectivity index (χ1) is 8.72. The SMILES string of the molecule is CCN(Cc1nc(CCl)cs1)c1ccc(C)cc1. The van der Waals surface area contributed by atoms with Crippen LogP contribution in [-0.4, -0.2) is 11.5 Å². The number of nitrogens with zero attached hydrogens (tertiary/aromatic N) is 2. The monoisotopic (exact) mass is 280 g/mol. The molecular weight excluding hydrogens is 264 g/mol. The molecule has 0 aliphatic heterocycles. The molecule has 4 heteroatoms. The van der Waals surface area contributed by atoms with Crippen LogP contribution in [0, 0.1) is 6.92 Å². The highest BCUT2D eigenvalue weighted by atomic mass is 35.5. The molecule has 1 heterocycles. The van der Waals surface area contributed by atoms with Crippen LogP contribution in [0.1, 0.15) is 23.2 Å². The number of benzene rings is 1. The lowest BCUT2D eigenvalue weighted by molar-refractivity contribution is 0.822. The number of anilines is 1. The molecule has 0 aliphatic carbocycles. The summed E-state index contributed by atoms with van der Waals surface area (Å²) in [6.07, 6.45) is 0. The van der Waals surface area contributed by atoms with Gasteiger partial charge < -0.3 is 4.90 Å². The smallest absolute Gasteiger partial charge is 0.112 e. The average Bonchev–Trinajstić information content (AvgIpc) is 2.85. The first-order valence-electron chi connectivity index (χ1n) is 6.03. The number of rotatable bonds is 5. The predicted molar refractivity (Wildman–Crippen MR) is 79.6 cm³/mol. The zero-order chi connectivity index (χ0) is 13.0. The van der Waals surface area contributed by atoms with Gasteiger partial charge in [-0.2, -0.15) is 0 Å². The zero-order valence-electron chi connectivity index (χ0n) is 10.7. The molecule has 0 N–H and O–H groups in total. The van der Waals surface area contributed by atoms with Crippen molar-refractivity contribution in [1.82, 2.24) is 4.98 Å². The van der Waals surface area contributed by atoms with Crippen molar-refractivity contribution in [3.05, 3.63) is 45.9 Å². The van der Waals surface area contributed by atoms with E-state index in [0.29, 0.717) is 5.88 Å². The van der Waals surface area contributed by atoms with Gasteiger partial charge in [0.05, 0.1) is 18.1 Å². The molecule has 0 amide bonds. The minimum atomic E-state index is 0.493. The summed E-state index contributed by atoms with van der Waals surface area (Å²) in [6.45, 7) is 6.09. The molecule has 2 nitrogen and oxygen atoms in total. The van der Waals surface area contributed by atoms with Gasteiger partial charge in [-0.15, -0.1) is 22.9 Å². The van der Waals surface area contributed by atoms with E-state index in [4.69, 9.17) is 11.6 Å². The lowest BCUT2D eigenvalue weighted by atomic mass is 10.2. The average molecular weight is 281 g/mol. The van der Waals surface area contributed by atoms with Gasteiger partial charge in [-0.25, -0.2) is 4.98 Å². The number of halogens is 1. The maximum absolute atomic E-state index is 5.78. The van der Waals surface area contributed by atoms with Crippen LogP contribution in [0.5, 0.6) is 0 Å². The van der Waals surface area contributed by atoms with Crippen molar-refractivity contribution in [3.8, 4) is 0 Å². The second-order valence-corrected chi connectivity index (χ2v) is 5.43. The summed E-state index contributed by atoms with van der Waals surface area (Å²) in [4.78, 5) is 6.82. The Hall–Kier alpha value is -1.06. The maximum atomic E-state index is 5.78.